The van der Waals surface area contributed by atoms with Crippen LogP contribution in [0.4, 0.5) is 11.6 Å². The molecule has 1 saturated heterocycles. The zero-order valence-corrected chi connectivity index (χ0v) is 21.0. The number of aromatic nitrogens is 3. The van der Waals surface area contributed by atoms with Gasteiger partial charge in [0.2, 0.25) is 11.9 Å². The summed E-state index contributed by atoms with van der Waals surface area (Å²) in [6, 6.07) is 14.5. The van der Waals surface area contributed by atoms with E-state index in [1.54, 1.807) is 11.8 Å². The average molecular weight is 480 g/mol. The van der Waals surface area contributed by atoms with Gasteiger partial charge in [-0.1, -0.05) is 55.1 Å². The number of nitrogens with one attached hydrogen (secondary N) is 1. The van der Waals surface area contributed by atoms with Crippen molar-refractivity contribution < 1.29 is 9.53 Å². The molecule has 0 bridgehead atoms. The Balaban J connectivity index is 1.44. The number of para-hydroxylation sites is 2. The lowest BCUT2D eigenvalue weighted by Crippen LogP contribution is -2.38. The van der Waals surface area contributed by atoms with E-state index in [9.17, 15) is 4.79 Å². The largest absolute Gasteiger partial charge is 0.378 e. The van der Waals surface area contributed by atoms with E-state index in [0.29, 0.717) is 19.6 Å². The van der Waals surface area contributed by atoms with E-state index in [1.807, 2.05) is 32.0 Å². The number of carbonyl (C=O) groups excluding carboxylic acids is 1. The van der Waals surface area contributed by atoms with Gasteiger partial charge < -0.3 is 15.0 Å². The Hall–Kier alpha value is -2.84. The first-order valence-corrected chi connectivity index (χ1v) is 12.9. The van der Waals surface area contributed by atoms with Crippen LogP contribution in [0.15, 0.2) is 47.6 Å². The highest BCUT2D eigenvalue weighted by Crippen LogP contribution is 2.30. The number of carbonyl (C=O) groups is 1. The van der Waals surface area contributed by atoms with Gasteiger partial charge in [-0.25, -0.2) is 0 Å². The van der Waals surface area contributed by atoms with Gasteiger partial charge in [-0.2, -0.15) is 0 Å². The van der Waals surface area contributed by atoms with E-state index in [0.717, 1.165) is 65.3 Å². The molecule has 1 fully saturated rings. The lowest BCUT2D eigenvalue weighted by molar-refractivity contribution is -0.116. The van der Waals surface area contributed by atoms with Gasteiger partial charge in [-0.15, -0.1) is 10.2 Å². The number of thioether (sulfide) groups is 1. The first-order valence-electron chi connectivity index (χ1n) is 11.9. The van der Waals surface area contributed by atoms with Crippen molar-refractivity contribution in [2.24, 2.45) is 0 Å². The molecule has 0 atom stereocenters. The Kier molecular flexibility index (Phi) is 8.24. The van der Waals surface area contributed by atoms with Gasteiger partial charge in [0.05, 0.1) is 18.9 Å². The van der Waals surface area contributed by atoms with Crippen molar-refractivity contribution in [2.75, 3.05) is 42.3 Å². The molecule has 4 rings (SSSR count). The summed E-state index contributed by atoms with van der Waals surface area (Å²) in [6.45, 7) is 9.20. The SMILES string of the molecule is CCc1ccccc1-n1c(SCCCC(=O)Nc2c(C)cccc2C)nnc1N1CCOCC1. The molecule has 8 heteroatoms. The van der Waals surface area contributed by atoms with Crippen LogP contribution in [0.3, 0.4) is 0 Å². The van der Waals surface area contributed by atoms with Crippen LogP contribution in [-0.2, 0) is 16.0 Å². The van der Waals surface area contributed by atoms with Crippen molar-refractivity contribution >= 4 is 29.3 Å². The molecule has 0 aliphatic carbocycles. The number of hydrogen-bond donors (Lipinski definition) is 1. The molecule has 0 unspecified atom stereocenters. The van der Waals surface area contributed by atoms with Crippen LogP contribution in [0, 0.1) is 13.8 Å². The smallest absolute Gasteiger partial charge is 0.232 e. The summed E-state index contributed by atoms with van der Waals surface area (Å²) in [7, 11) is 0. The van der Waals surface area contributed by atoms with Gasteiger partial charge >= 0.3 is 0 Å². The predicted molar refractivity (Wildman–Crippen MR) is 138 cm³/mol. The average Bonchev–Trinajstić information content (AvgIpc) is 3.28. The van der Waals surface area contributed by atoms with Crippen LogP contribution in [-0.4, -0.2) is 52.7 Å². The lowest BCUT2D eigenvalue weighted by atomic mass is 10.1. The van der Waals surface area contributed by atoms with Gasteiger partial charge in [0.1, 0.15) is 0 Å². The maximum absolute atomic E-state index is 12.5. The second kappa shape index (κ2) is 11.5. The van der Waals surface area contributed by atoms with Crippen molar-refractivity contribution in [1.82, 2.24) is 14.8 Å². The lowest BCUT2D eigenvalue weighted by Gasteiger charge is -2.28. The van der Waals surface area contributed by atoms with E-state index < -0.39 is 0 Å². The molecule has 1 N–H and O–H groups in total. The molecule has 0 radical (unpaired) electrons. The topological polar surface area (TPSA) is 72.3 Å². The molecule has 0 saturated carbocycles. The van der Waals surface area contributed by atoms with E-state index >= 15 is 0 Å². The Labute approximate surface area is 205 Å². The summed E-state index contributed by atoms with van der Waals surface area (Å²) in [6.07, 6.45) is 2.16. The summed E-state index contributed by atoms with van der Waals surface area (Å²) < 4.78 is 7.71. The minimum absolute atomic E-state index is 0.0461. The molecule has 1 amide bonds. The Bertz CT molecular complexity index is 1100. The summed E-state index contributed by atoms with van der Waals surface area (Å²) >= 11 is 1.65. The number of ether oxygens (including phenoxy) is 1. The summed E-state index contributed by atoms with van der Waals surface area (Å²) in [4.78, 5) is 14.8. The monoisotopic (exact) mass is 479 g/mol. The second-order valence-corrected chi connectivity index (χ2v) is 9.53. The minimum atomic E-state index is 0.0461. The molecule has 2 aromatic carbocycles. The molecule has 1 aliphatic rings. The van der Waals surface area contributed by atoms with Crippen molar-refractivity contribution in [3.63, 3.8) is 0 Å². The zero-order valence-electron chi connectivity index (χ0n) is 20.2. The highest BCUT2D eigenvalue weighted by atomic mass is 32.2. The fraction of sp³-hybridized carbons (Fsp3) is 0.423. The summed E-state index contributed by atoms with van der Waals surface area (Å²) in [5.74, 6) is 1.69. The molecule has 2 heterocycles. The maximum Gasteiger partial charge on any atom is 0.232 e. The Morgan fingerprint density at radius 2 is 1.79 bits per heavy atom. The Morgan fingerprint density at radius 3 is 2.53 bits per heavy atom. The quantitative estimate of drug-likeness (QED) is 0.351. The first kappa shape index (κ1) is 24.3. The van der Waals surface area contributed by atoms with Crippen LogP contribution in [0.1, 0.15) is 36.5 Å². The van der Waals surface area contributed by atoms with Gasteiger partial charge in [0.25, 0.3) is 0 Å². The second-order valence-electron chi connectivity index (χ2n) is 8.47. The van der Waals surface area contributed by atoms with Crippen LogP contribution in [0.25, 0.3) is 5.69 Å². The van der Waals surface area contributed by atoms with Crippen molar-refractivity contribution in [3.8, 4) is 5.69 Å². The van der Waals surface area contributed by atoms with Gasteiger partial charge in [0, 0.05) is 31.0 Å². The molecule has 7 nitrogen and oxygen atoms in total. The third kappa shape index (κ3) is 5.62. The number of benzene rings is 2. The first-order chi connectivity index (χ1) is 16.6. The number of amides is 1. The maximum atomic E-state index is 12.5. The van der Waals surface area contributed by atoms with Crippen LogP contribution < -0.4 is 10.2 Å². The summed E-state index contributed by atoms with van der Waals surface area (Å²) in [5.41, 5.74) is 5.46. The van der Waals surface area contributed by atoms with Crippen LogP contribution in [0.5, 0.6) is 0 Å². The zero-order chi connectivity index (χ0) is 23.9. The van der Waals surface area contributed by atoms with E-state index in [1.165, 1.54) is 5.56 Å². The number of hydrogen-bond acceptors (Lipinski definition) is 6. The molecule has 1 aliphatic heterocycles. The van der Waals surface area contributed by atoms with Gasteiger partial charge in [-0.3, -0.25) is 9.36 Å². The third-order valence-corrected chi connectivity index (χ3v) is 7.06. The number of anilines is 2. The number of nitrogens with zero attached hydrogens (tertiary/aromatic N) is 4. The Morgan fingerprint density at radius 1 is 1.06 bits per heavy atom. The normalized spacial score (nSPS) is 13.8. The number of morpholine rings is 1. The van der Waals surface area contributed by atoms with E-state index in [-0.39, 0.29) is 5.91 Å². The van der Waals surface area contributed by atoms with E-state index in [2.05, 4.69) is 56.2 Å². The fourth-order valence-electron chi connectivity index (χ4n) is 4.17. The predicted octanol–water partition coefficient (Wildman–Crippen LogP) is 4.79. The van der Waals surface area contributed by atoms with Gasteiger partial charge in [-0.05, 0) is 49.4 Å². The molecular weight excluding hydrogens is 446 g/mol. The van der Waals surface area contributed by atoms with Crippen molar-refractivity contribution in [3.05, 3.63) is 59.2 Å². The molecule has 0 spiro atoms. The molecule has 1 aromatic heterocycles. The van der Waals surface area contributed by atoms with Crippen molar-refractivity contribution in [2.45, 2.75) is 45.2 Å². The molecule has 3 aromatic rings. The highest BCUT2D eigenvalue weighted by molar-refractivity contribution is 7.99. The van der Waals surface area contributed by atoms with Crippen LogP contribution in [0.2, 0.25) is 0 Å². The minimum Gasteiger partial charge on any atom is -0.378 e. The number of aryl methyl sites for hydroxylation is 3. The van der Waals surface area contributed by atoms with E-state index in [4.69, 9.17) is 4.74 Å². The molecular formula is C26H33N5O2S. The molecule has 180 valence electrons. The standard InChI is InChI=1S/C26H33N5O2S/c1-4-21-11-5-6-12-22(21)31-25(30-14-16-33-17-15-30)28-29-26(31)34-18-8-13-23(32)27-24-19(2)9-7-10-20(24)3/h5-7,9-12H,4,8,13-18H2,1-3H3,(H,27,32). The summed E-state index contributed by atoms with van der Waals surface area (Å²) in [5, 5.41) is 13.0. The van der Waals surface area contributed by atoms with Crippen molar-refractivity contribution in [1.29, 1.82) is 0 Å². The van der Waals surface area contributed by atoms with Gasteiger partial charge in [0.15, 0.2) is 5.16 Å². The fourth-order valence-corrected chi connectivity index (χ4v) is 5.05. The molecule has 34 heavy (non-hydrogen) atoms. The highest BCUT2D eigenvalue weighted by Gasteiger charge is 2.23. The van der Waals surface area contributed by atoms with Crippen LogP contribution >= 0.6 is 11.8 Å². The number of rotatable bonds is 9. The third-order valence-electron chi connectivity index (χ3n) is 6.05.